The van der Waals surface area contributed by atoms with Crippen LogP contribution >= 0.6 is 0 Å². The molecule has 1 atom stereocenters. The molecule has 1 unspecified atom stereocenters. The zero-order valence-electron chi connectivity index (χ0n) is 6.97. The van der Waals surface area contributed by atoms with Gasteiger partial charge in [0.1, 0.15) is 0 Å². The van der Waals surface area contributed by atoms with E-state index in [9.17, 15) is 0 Å². The van der Waals surface area contributed by atoms with E-state index in [2.05, 4.69) is 0 Å². The lowest BCUT2D eigenvalue weighted by Gasteiger charge is -2.33. The number of ether oxygens (including phenoxy) is 2. The third-order valence-electron chi connectivity index (χ3n) is 1.35. The van der Waals surface area contributed by atoms with Crippen molar-refractivity contribution in [3.63, 3.8) is 0 Å². The van der Waals surface area contributed by atoms with Gasteiger partial charge in [0.25, 0.3) is 0 Å². The average Bonchev–Trinajstić information content (AvgIpc) is 1.54. The predicted octanol–water partition coefficient (Wildman–Crippen LogP) is 2.06. The van der Waals surface area contributed by atoms with Crippen LogP contribution in [0.3, 0.4) is 0 Å². The van der Waals surface area contributed by atoms with E-state index in [1.165, 1.54) is 0 Å². The van der Waals surface area contributed by atoms with Crippen molar-refractivity contribution in [2.24, 2.45) is 0 Å². The molecule has 0 radical (unpaired) electrons. The second kappa shape index (κ2) is 2.27. The minimum absolute atomic E-state index is 0.170. The summed E-state index contributed by atoms with van der Waals surface area (Å²) in [6, 6.07) is 0. The number of allylic oxidation sites excluding steroid dienone is 1. The zero-order chi connectivity index (χ0) is 7.78. The molecule has 2 heteroatoms. The normalized spacial score (nSPS) is 30.8. The van der Waals surface area contributed by atoms with E-state index >= 15 is 0 Å². The molecule has 0 bridgehead atoms. The number of hydrogen-bond donors (Lipinski definition) is 0. The van der Waals surface area contributed by atoms with E-state index < -0.39 is 5.79 Å². The quantitative estimate of drug-likeness (QED) is 0.515. The monoisotopic (exact) mass is 142 g/mol. The van der Waals surface area contributed by atoms with Gasteiger partial charge < -0.3 is 9.47 Å². The van der Waals surface area contributed by atoms with Crippen molar-refractivity contribution in [1.82, 2.24) is 0 Å². The Morgan fingerprint density at radius 3 is 2.50 bits per heavy atom. The second-order valence-electron chi connectivity index (χ2n) is 3.10. The number of rotatable bonds is 0. The highest BCUT2D eigenvalue weighted by atomic mass is 16.7. The van der Waals surface area contributed by atoms with Crippen LogP contribution in [0.4, 0.5) is 0 Å². The van der Waals surface area contributed by atoms with Gasteiger partial charge in [-0.25, -0.2) is 0 Å². The van der Waals surface area contributed by atoms with Gasteiger partial charge in [-0.3, -0.25) is 0 Å². The molecule has 0 aromatic heterocycles. The molecule has 0 N–H and O–H groups in total. The summed E-state index contributed by atoms with van der Waals surface area (Å²) in [5.74, 6) is 0.502. The lowest BCUT2D eigenvalue weighted by molar-refractivity contribution is -0.218. The first-order chi connectivity index (χ1) is 4.49. The summed E-state index contributed by atoms with van der Waals surface area (Å²) in [6.07, 6.45) is 2.13. The first-order valence-electron chi connectivity index (χ1n) is 3.55. The molecule has 0 aromatic carbocycles. The smallest absolute Gasteiger partial charge is 0.204 e. The van der Waals surface area contributed by atoms with E-state index in [1.807, 2.05) is 33.8 Å². The maximum Gasteiger partial charge on any atom is 0.204 e. The van der Waals surface area contributed by atoms with Gasteiger partial charge in [0.2, 0.25) is 5.79 Å². The van der Waals surface area contributed by atoms with Gasteiger partial charge in [-0.1, -0.05) is 0 Å². The van der Waals surface area contributed by atoms with Crippen LogP contribution < -0.4 is 0 Å². The van der Waals surface area contributed by atoms with Crippen molar-refractivity contribution in [2.75, 3.05) is 0 Å². The fourth-order valence-corrected chi connectivity index (χ4v) is 1.26. The van der Waals surface area contributed by atoms with Gasteiger partial charge in [0.15, 0.2) is 0 Å². The maximum atomic E-state index is 5.45. The minimum atomic E-state index is -0.446. The highest BCUT2D eigenvalue weighted by molar-refractivity contribution is 4.98. The summed E-state index contributed by atoms with van der Waals surface area (Å²) in [6.45, 7) is 7.79. The molecular formula is C8H14O2. The van der Waals surface area contributed by atoms with Gasteiger partial charge in [-0.15, -0.1) is 0 Å². The van der Waals surface area contributed by atoms with E-state index in [0.29, 0.717) is 0 Å². The molecule has 1 aliphatic heterocycles. The molecule has 0 aromatic rings. The Labute approximate surface area is 61.8 Å². The molecule has 1 aliphatic rings. The molecular weight excluding hydrogens is 128 g/mol. The first-order valence-corrected chi connectivity index (χ1v) is 3.55. The van der Waals surface area contributed by atoms with Crippen LogP contribution in [0.5, 0.6) is 0 Å². The standard InChI is InChI=1S/C8H14O2/c1-6-5-7(2)10-8(3,4)9-6/h5-6H,1-4H3. The van der Waals surface area contributed by atoms with Crippen LogP contribution in [0.2, 0.25) is 0 Å². The Balaban J connectivity index is 2.70. The van der Waals surface area contributed by atoms with Crippen LogP contribution in [-0.2, 0) is 9.47 Å². The fourth-order valence-electron chi connectivity index (χ4n) is 1.26. The SMILES string of the molecule is CC1=CC(C)OC(C)(C)O1. The lowest BCUT2D eigenvalue weighted by Crippen LogP contribution is -2.34. The van der Waals surface area contributed by atoms with Crippen LogP contribution in [0.15, 0.2) is 11.8 Å². The summed E-state index contributed by atoms with van der Waals surface area (Å²) >= 11 is 0. The third kappa shape index (κ3) is 1.74. The van der Waals surface area contributed by atoms with Gasteiger partial charge in [0, 0.05) is 13.8 Å². The Morgan fingerprint density at radius 1 is 1.50 bits per heavy atom. The molecule has 0 spiro atoms. The zero-order valence-corrected chi connectivity index (χ0v) is 6.97. The van der Waals surface area contributed by atoms with Gasteiger partial charge >= 0.3 is 0 Å². The highest BCUT2D eigenvalue weighted by Crippen LogP contribution is 2.23. The Bertz CT molecular complexity index is 159. The molecule has 58 valence electrons. The van der Waals surface area contributed by atoms with Crippen LogP contribution in [-0.4, -0.2) is 11.9 Å². The largest absolute Gasteiger partial charge is 0.468 e. The van der Waals surface area contributed by atoms with Crippen molar-refractivity contribution in [1.29, 1.82) is 0 Å². The Morgan fingerprint density at radius 2 is 2.10 bits per heavy atom. The van der Waals surface area contributed by atoms with Crippen LogP contribution in [0, 0.1) is 0 Å². The van der Waals surface area contributed by atoms with Crippen molar-refractivity contribution in [2.45, 2.75) is 39.6 Å². The minimum Gasteiger partial charge on any atom is -0.468 e. The second-order valence-corrected chi connectivity index (χ2v) is 3.10. The molecule has 1 heterocycles. The topological polar surface area (TPSA) is 18.5 Å². The van der Waals surface area contributed by atoms with E-state index in [0.717, 1.165) is 5.76 Å². The van der Waals surface area contributed by atoms with Crippen LogP contribution in [0.1, 0.15) is 27.7 Å². The highest BCUT2D eigenvalue weighted by Gasteiger charge is 2.26. The molecule has 10 heavy (non-hydrogen) atoms. The van der Waals surface area contributed by atoms with Gasteiger partial charge in [-0.2, -0.15) is 0 Å². The molecule has 1 rings (SSSR count). The molecule has 0 aliphatic carbocycles. The molecule has 0 saturated carbocycles. The Hall–Kier alpha value is -0.500. The van der Waals surface area contributed by atoms with E-state index in [-0.39, 0.29) is 6.10 Å². The fraction of sp³-hybridized carbons (Fsp3) is 0.750. The predicted molar refractivity (Wildman–Crippen MR) is 39.5 cm³/mol. The lowest BCUT2D eigenvalue weighted by atomic mass is 10.2. The Kier molecular flexibility index (Phi) is 1.73. The van der Waals surface area contributed by atoms with Gasteiger partial charge in [-0.05, 0) is 19.9 Å². The first kappa shape index (κ1) is 7.61. The number of hydrogen-bond acceptors (Lipinski definition) is 2. The third-order valence-corrected chi connectivity index (χ3v) is 1.35. The maximum absolute atomic E-state index is 5.45. The van der Waals surface area contributed by atoms with Crippen molar-refractivity contribution >= 4 is 0 Å². The van der Waals surface area contributed by atoms with Crippen molar-refractivity contribution in [3.8, 4) is 0 Å². The summed E-state index contributed by atoms with van der Waals surface area (Å²) in [5.41, 5.74) is 0. The summed E-state index contributed by atoms with van der Waals surface area (Å²) in [4.78, 5) is 0. The van der Waals surface area contributed by atoms with Crippen molar-refractivity contribution < 1.29 is 9.47 Å². The van der Waals surface area contributed by atoms with Gasteiger partial charge in [0.05, 0.1) is 11.9 Å². The van der Waals surface area contributed by atoms with E-state index in [4.69, 9.17) is 9.47 Å². The summed E-state index contributed by atoms with van der Waals surface area (Å²) < 4.78 is 10.8. The average molecular weight is 142 g/mol. The molecule has 2 nitrogen and oxygen atoms in total. The van der Waals surface area contributed by atoms with Crippen LogP contribution in [0.25, 0.3) is 0 Å². The molecule has 0 fully saturated rings. The molecule has 0 saturated heterocycles. The summed E-state index contributed by atoms with van der Waals surface area (Å²) in [5, 5.41) is 0. The summed E-state index contributed by atoms with van der Waals surface area (Å²) in [7, 11) is 0. The van der Waals surface area contributed by atoms with Crippen molar-refractivity contribution in [3.05, 3.63) is 11.8 Å². The molecule has 0 amide bonds. The van der Waals surface area contributed by atoms with E-state index in [1.54, 1.807) is 0 Å².